The highest BCUT2D eigenvalue weighted by atomic mass is 16.1. The number of rotatable bonds is 6. The number of ketones is 2. The monoisotopic (exact) mass is 300 g/mol. The Hall–Kier alpha value is -1.70. The lowest BCUT2D eigenvalue weighted by molar-refractivity contribution is -0.113. The van der Waals surface area contributed by atoms with Crippen molar-refractivity contribution in [2.45, 2.75) is 66.2 Å². The van der Waals surface area contributed by atoms with Crippen molar-refractivity contribution < 1.29 is 9.59 Å². The maximum absolute atomic E-state index is 12.8. The van der Waals surface area contributed by atoms with Gasteiger partial charge < -0.3 is 0 Å². The van der Waals surface area contributed by atoms with Crippen LogP contribution in [0.4, 0.5) is 0 Å². The predicted octanol–water partition coefficient (Wildman–Crippen LogP) is 5.38. The number of hydrogen-bond acceptors (Lipinski definition) is 2. The molecule has 2 nitrogen and oxygen atoms in total. The van der Waals surface area contributed by atoms with Crippen LogP contribution in [-0.4, -0.2) is 11.6 Å². The van der Waals surface area contributed by atoms with E-state index in [0.717, 1.165) is 11.1 Å². The zero-order valence-electron chi connectivity index (χ0n) is 14.9. The SMILES string of the molecule is C=C(C(C)=O)C(=O)c1c(C(C)C)cc(C(C)C)cc1C(C)C. The molecule has 0 spiro atoms. The number of hydrogen-bond donors (Lipinski definition) is 0. The highest BCUT2D eigenvalue weighted by Crippen LogP contribution is 2.33. The summed E-state index contributed by atoms with van der Waals surface area (Å²) in [5.74, 6) is 0.345. The molecule has 0 unspecified atom stereocenters. The molecular formula is C20H28O2. The van der Waals surface area contributed by atoms with E-state index in [4.69, 9.17) is 0 Å². The highest BCUT2D eigenvalue weighted by Gasteiger charge is 2.24. The first-order valence-electron chi connectivity index (χ1n) is 8.00. The van der Waals surface area contributed by atoms with Crippen molar-refractivity contribution in [3.63, 3.8) is 0 Å². The van der Waals surface area contributed by atoms with Gasteiger partial charge in [0.15, 0.2) is 11.6 Å². The van der Waals surface area contributed by atoms with Crippen molar-refractivity contribution >= 4 is 11.6 Å². The van der Waals surface area contributed by atoms with Crippen LogP contribution < -0.4 is 0 Å². The molecule has 120 valence electrons. The molecule has 0 aromatic heterocycles. The third-order valence-electron chi connectivity index (χ3n) is 4.06. The van der Waals surface area contributed by atoms with E-state index in [2.05, 4.69) is 60.3 Å². The van der Waals surface area contributed by atoms with E-state index < -0.39 is 0 Å². The molecule has 0 bridgehead atoms. The fraction of sp³-hybridized carbons (Fsp3) is 0.500. The van der Waals surface area contributed by atoms with Crippen LogP contribution in [0.15, 0.2) is 24.3 Å². The Morgan fingerprint density at radius 3 is 1.55 bits per heavy atom. The number of carbonyl (C=O) groups is 2. The minimum Gasteiger partial charge on any atom is -0.294 e. The zero-order chi connectivity index (χ0) is 17.2. The zero-order valence-corrected chi connectivity index (χ0v) is 14.9. The van der Waals surface area contributed by atoms with E-state index >= 15 is 0 Å². The molecule has 1 aromatic carbocycles. The van der Waals surface area contributed by atoms with Gasteiger partial charge in [-0.25, -0.2) is 0 Å². The summed E-state index contributed by atoms with van der Waals surface area (Å²) in [6.45, 7) is 17.7. The Bertz CT molecular complexity index is 575. The van der Waals surface area contributed by atoms with Gasteiger partial charge in [-0.1, -0.05) is 60.3 Å². The second-order valence-electron chi connectivity index (χ2n) is 6.90. The van der Waals surface area contributed by atoms with E-state index in [1.54, 1.807) is 0 Å². The van der Waals surface area contributed by atoms with Crippen LogP contribution in [0, 0.1) is 0 Å². The first-order chi connectivity index (χ1) is 10.1. The number of carbonyl (C=O) groups excluding carboxylic acids is 2. The molecule has 0 aliphatic rings. The quantitative estimate of drug-likeness (QED) is 0.306. The lowest BCUT2D eigenvalue weighted by atomic mass is 9.81. The molecule has 0 fully saturated rings. The van der Waals surface area contributed by atoms with Gasteiger partial charge in [0, 0.05) is 5.56 Å². The van der Waals surface area contributed by atoms with Gasteiger partial charge in [0.05, 0.1) is 5.57 Å². The summed E-state index contributed by atoms with van der Waals surface area (Å²) >= 11 is 0. The first-order valence-corrected chi connectivity index (χ1v) is 8.00. The second kappa shape index (κ2) is 7.04. The summed E-state index contributed by atoms with van der Waals surface area (Å²) < 4.78 is 0. The van der Waals surface area contributed by atoms with E-state index in [1.807, 2.05) is 0 Å². The topological polar surface area (TPSA) is 34.1 Å². The molecule has 0 saturated carbocycles. The van der Waals surface area contributed by atoms with Crippen LogP contribution in [0.2, 0.25) is 0 Å². The first kappa shape index (κ1) is 18.3. The summed E-state index contributed by atoms with van der Waals surface area (Å²) in [7, 11) is 0. The minimum atomic E-state index is -0.262. The maximum Gasteiger partial charge on any atom is 0.196 e. The van der Waals surface area contributed by atoms with Gasteiger partial charge >= 0.3 is 0 Å². The van der Waals surface area contributed by atoms with Crippen molar-refractivity contribution in [1.29, 1.82) is 0 Å². The predicted molar refractivity (Wildman–Crippen MR) is 92.9 cm³/mol. The fourth-order valence-corrected chi connectivity index (χ4v) is 2.53. The molecule has 0 heterocycles. The molecular weight excluding hydrogens is 272 g/mol. The van der Waals surface area contributed by atoms with Crippen molar-refractivity contribution in [2.75, 3.05) is 0 Å². The van der Waals surface area contributed by atoms with E-state index in [1.165, 1.54) is 12.5 Å². The van der Waals surface area contributed by atoms with Gasteiger partial charge in [-0.3, -0.25) is 9.59 Å². The normalized spacial score (nSPS) is 11.4. The Morgan fingerprint density at radius 2 is 1.27 bits per heavy atom. The maximum atomic E-state index is 12.8. The largest absolute Gasteiger partial charge is 0.294 e. The Morgan fingerprint density at radius 1 is 0.864 bits per heavy atom. The average Bonchev–Trinajstić information content (AvgIpc) is 2.43. The van der Waals surface area contributed by atoms with Gasteiger partial charge in [0.25, 0.3) is 0 Å². The summed E-state index contributed by atoms with van der Waals surface area (Å²) in [5.41, 5.74) is 4.01. The smallest absolute Gasteiger partial charge is 0.196 e. The van der Waals surface area contributed by atoms with Crippen LogP contribution in [0.3, 0.4) is 0 Å². The van der Waals surface area contributed by atoms with Crippen LogP contribution in [0.25, 0.3) is 0 Å². The summed E-state index contributed by atoms with van der Waals surface area (Å²) in [5, 5.41) is 0. The van der Waals surface area contributed by atoms with Crippen molar-refractivity contribution in [3.05, 3.63) is 46.5 Å². The minimum absolute atomic E-state index is 0.0705. The van der Waals surface area contributed by atoms with Crippen LogP contribution >= 0.6 is 0 Å². The van der Waals surface area contributed by atoms with Crippen molar-refractivity contribution in [3.8, 4) is 0 Å². The molecule has 0 N–H and O–H groups in total. The number of Topliss-reactive ketones (excluding diaryl/α,β-unsaturated/α-hetero) is 2. The Balaban J connectivity index is 3.69. The van der Waals surface area contributed by atoms with Crippen molar-refractivity contribution in [2.24, 2.45) is 0 Å². The fourth-order valence-electron chi connectivity index (χ4n) is 2.53. The molecule has 0 aliphatic carbocycles. The molecule has 0 atom stereocenters. The van der Waals surface area contributed by atoms with Crippen LogP contribution in [0.1, 0.15) is 93.3 Å². The Labute approximate surface area is 134 Å². The number of benzene rings is 1. The van der Waals surface area contributed by atoms with Gasteiger partial charge in [0.1, 0.15) is 0 Å². The van der Waals surface area contributed by atoms with Crippen LogP contribution in [-0.2, 0) is 4.79 Å². The molecule has 0 saturated heterocycles. The van der Waals surface area contributed by atoms with E-state index in [9.17, 15) is 9.59 Å². The molecule has 1 rings (SSSR count). The standard InChI is InChI=1S/C20H28O2/c1-11(2)16-9-17(12(3)4)19(18(10-16)13(5)6)20(22)14(7)15(8)21/h9-13H,7H2,1-6,8H3. The van der Waals surface area contributed by atoms with E-state index in [0.29, 0.717) is 11.5 Å². The lowest BCUT2D eigenvalue weighted by Crippen LogP contribution is -2.16. The van der Waals surface area contributed by atoms with Gasteiger partial charge in [0.2, 0.25) is 0 Å². The molecule has 2 heteroatoms. The van der Waals surface area contributed by atoms with Crippen molar-refractivity contribution in [1.82, 2.24) is 0 Å². The second-order valence-corrected chi connectivity index (χ2v) is 6.90. The van der Waals surface area contributed by atoms with Crippen LogP contribution in [0.5, 0.6) is 0 Å². The molecule has 0 amide bonds. The molecule has 0 aliphatic heterocycles. The van der Waals surface area contributed by atoms with Gasteiger partial charge in [-0.05, 0) is 41.4 Å². The summed E-state index contributed by atoms with van der Waals surface area (Å²) in [6, 6.07) is 4.23. The summed E-state index contributed by atoms with van der Waals surface area (Å²) in [4.78, 5) is 24.4. The van der Waals surface area contributed by atoms with Gasteiger partial charge in [-0.2, -0.15) is 0 Å². The summed E-state index contributed by atoms with van der Waals surface area (Å²) in [6.07, 6.45) is 0. The third kappa shape index (κ3) is 3.73. The average molecular weight is 300 g/mol. The number of allylic oxidation sites excluding steroid dienone is 1. The third-order valence-corrected chi connectivity index (χ3v) is 4.06. The molecule has 1 aromatic rings. The van der Waals surface area contributed by atoms with E-state index in [-0.39, 0.29) is 29.0 Å². The lowest BCUT2D eigenvalue weighted by Gasteiger charge is -2.22. The highest BCUT2D eigenvalue weighted by molar-refractivity contribution is 6.26. The molecule has 22 heavy (non-hydrogen) atoms. The van der Waals surface area contributed by atoms with Gasteiger partial charge in [-0.15, -0.1) is 0 Å². The molecule has 0 radical (unpaired) electrons. The Kier molecular flexibility index (Phi) is 5.87.